The Bertz CT molecular complexity index is 930. The third-order valence-electron chi connectivity index (χ3n) is 3.68. The molecule has 0 aliphatic rings. The molecule has 3 nitrogen and oxygen atoms in total. The molecule has 3 aromatic rings. The van der Waals surface area contributed by atoms with E-state index in [0.29, 0.717) is 22.4 Å². The average molecular weight is 335 g/mol. The molecule has 3 rings (SSSR count). The van der Waals surface area contributed by atoms with Gasteiger partial charge in [0.25, 0.3) is 0 Å². The maximum absolute atomic E-state index is 13.5. The summed E-state index contributed by atoms with van der Waals surface area (Å²) in [6.07, 6.45) is 2.00. The van der Waals surface area contributed by atoms with Gasteiger partial charge in [-0.25, -0.2) is 9.37 Å². The zero-order valence-electron chi connectivity index (χ0n) is 13.0. The molecule has 24 heavy (non-hydrogen) atoms. The molecule has 0 aliphatic heterocycles. The molecule has 0 bridgehead atoms. The molecular formula is C19H14FN3S. The van der Waals surface area contributed by atoms with Crippen LogP contribution < -0.4 is 5.73 Å². The molecule has 0 saturated heterocycles. The average Bonchev–Trinajstić information content (AvgIpc) is 2.61. The second-order valence-corrected chi connectivity index (χ2v) is 6.05. The number of nitriles is 1. The van der Waals surface area contributed by atoms with E-state index in [-0.39, 0.29) is 11.6 Å². The molecule has 118 valence electrons. The highest BCUT2D eigenvalue weighted by atomic mass is 32.2. The Labute approximate surface area is 144 Å². The molecular weight excluding hydrogens is 321 g/mol. The molecule has 0 atom stereocenters. The maximum Gasteiger partial charge on any atom is 0.142 e. The number of hydrogen-bond acceptors (Lipinski definition) is 4. The van der Waals surface area contributed by atoms with Crippen LogP contribution in [0.1, 0.15) is 5.56 Å². The van der Waals surface area contributed by atoms with Gasteiger partial charge in [0, 0.05) is 16.0 Å². The van der Waals surface area contributed by atoms with Crippen molar-refractivity contribution < 1.29 is 4.39 Å². The van der Waals surface area contributed by atoms with Crippen LogP contribution in [0.2, 0.25) is 0 Å². The lowest BCUT2D eigenvalue weighted by Gasteiger charge is -2.11. The fourth-order valence-electron chi connectivity index (χ4n) is 2.48. The van der Waals surface area contributed by atoms with E-state index in [0.717, 1.165) is 10.5 Å². The van der Waals surface area contributed by atoms with Crippen molar-refractivity contribution in [2.45, 2.75) is 4.90 Å². The lowest BCUT2D eigenvalue weighted by atomic mass is 9.98. The summed E-state index contributed by atoms with van der Waals surface area (Å²) in [6.45, 7) is 0. The topological polar surface area (TPSA) is 62.7 Å². The van der Waals surface area contributed by atoms with Crippen LogP contribution in [-0.4, -0.2) is 11.2 Å². The number of pyridine rings is 1. The first kappa shape index (κ1) is 16.0. The summed E-state index contributed by atoms with van der Waals surface area (Å²) in [5.41, 5.74) is 9.01. The molecule has 5 heteroatoms. The first-order valence-electron chi connectivity index (χ1n) is 7.23. The molecule has 1 aromatic heterocycles. The monoisotopic (exact) mass is 335 g/mol. The summed E-state index contributed by atoms with van der Waals surface area (Å²) in [5.74, 6) is -0.202. The normalized spacial score (nSPS) is 10.4. The van der Waals surface area contributed by atoms with Gasteiger partial charge in [-0.2, -0.15) is 5.26 Å². The van der Waals surface area contributed by atoms with E-state index in [1.165, 1.54) is 12.1 Å². The standard InChI is InChI=1S/C19H14FN3S/c1-24-15-7-5-12(6-8-15)16-10-18(23-19(22)17(16)11-21)13-3-2-4-14(20)9-13/h2-10H,1H3,(H2,22,23). The van der Waals surface area contributed by atoms with Crippen LogP contribution in [0, 0.1) is 17.1 Å². The van der Waals surface area contributed by atoms with Gasteiger partial charge in [0.2, 0.25) is 0 Å². The lowest BCUT2D eigenvalue weighted by Crippen LogP contribution is -2.00. The second kappa shape index (κ2) is 6.73. The predicted molar refractivity (Wildman–Crippen MR) is 96.0 cm³/mol. The van der Waals surface area contributed by atoms with Crippen LogP contribution in [0.3, 0.4) is 0 Å². The quantitative estimate of drug-likeness (QED) is 0.703. The molecule has 0 spiro atoms. The molecule has 0 unspecified atom stereocenters. The molecule has 1 heterocycles. The molecule has 0 radical (unpaired) electrons. The van der Waals surface area contributed by atoms with Gasteiger partial charge in [0.15, 0.2) is 0 Å². The minimum Gasteiger partial charge on any atom is -0.383 e. The minimum atomic E-state index is -0.344. The number of halogens is 1. The van der Waals surface area contributed by atoms with Crippen LogP contribution in [0.4, 0.5) is 10.2 Å². The van der Waals surface area contributed by atoms with Crippen molar-refractivity contribution in [3.8, 4) is 28.5 Å². The predicted octanol–water partition coefficient (Wildman–Crippen LogP) is 4.73. The third-order valence-corrected chi connectivity index (χ3v) is 4.42. The summed E-state index contributed by atoms with van der Waals surface area (Å²) in [7, 11) is 0. The van der Waals surface area contributed by atoms with E-state index in [1.54, 1.807) is 30.0 Å². The summed E-state index contributed by atoms with van der Waals surface area (Å²) >= 11 is 1.64. The highest BCUT2D eigenvalue weighted by molar-refractivity contribution is 7.98. The number of nitrogen functional groups attached to an aromatic ring is 1. The number of thioether (sulfide) groups is 1. The summed E-state index contributed by atoms with van der Waals surface area (Å²) in [6, 6.07) is 17.9. The number of anilines is 1. The zero-order chi connectivity index (χ0) is 17.1. The van der Waals surface area contributed by atoms with E-state index in [9.17, 15) is 9.65 Å². The largest absolute Gasteiger partial charge is 0.383 e. The van der Waals surface area contributed by atoms with Crippen molar-refractivity contribution in [3.63, 3.8) is 0 Å². The lowest BCUT2D eigenvalue weighted by molar-refractivity contribution is 0.628. The van der Waals surface area contributed by atoms with Crippen molar-refractivity contribution in [2.75, 3.05) is 12.0 Å². The Morgan fingerprint density at radius 2 is 1.83 bits per heavy atom. The third kappa shape index (κ3) is 3.10. The van der Waals surface area contributed by atoms with E-state index < -0.39 is 0 Å². The molecule has 2 aromatic carbocycles. The van der Waals surface area contributed by atoms with E-state index >= 15 is 0 Å². The van der Waals surface area contributed by atoms with E-state index in [2.05, 4.69) is 11.1 Å². The van der Waals surface area contributed by atoms with Gasteiger partial charge in [0.1, 0.15) is 23.3 Å². The van der Waals surface area contributed by atoms with Crippen LogP contribution >= 0.6 is 11.8 Å². The molecule has 0 saturated carbocycles. The molecule has 2 N–H and O–H groups in total. The Morgan fingerprint density at radius 3 is 2.46 bits per heavy atom. The van der Waals surface area contributed by atoms with E-state index in [4.69, 9.17) is 5.73 Å². The van der Waals surface area contributed by atoms with Gasteiger partial charge < -0.3 is 5.73 Å². The van der Waals surface area contributed by atoms with Gasteiger partial charge in [-0.1, -0.05) is 24.3 Å². The van der Waals surface area contributed by atoms with Crippen molar-refractivity contribution in [1.29, 1.82) is 5.26 Å². The summed E-state index contributed by atoms with van der Waals surface area (Å²) < 4.78 is 13.5. The molecule has 0 aliphatic carbocycles. The number of nitrogens with two attached hydrogens (primary N) is 1. The number of rotatable bonds is 3. The zero-order valence-corrected chi connectivity index (χ0v) is 13.8. The Balaban J connectivity index is 2.18. The Hall–Kier alpha value is -2.84. The van der Waals surface area contributed by atoms with Crippen LogP contribution in [-0.2, 0) is 0 Å². The smallest absolute Gasteiger partial charge is 0.142 e. The Morgan fingerprint density at radius 1 is 1.08 bits per heavy atom. The SMILES string of the molecule is CSc1ccc(-c2cc(-c3cccc(F)c3)nc(N)c2C#N)cc1. The molecule has 0 fully saturated rings. The molecule has 0 amide bonds. The van der Waals surface area contributed by atoms with Crippen molar-refractivity contribution >= 4 is 17.6 Å². The van der Waals surface area contributed by atoms with Crippen molar-refractivity contribution in [3.05, 3.63) is 66.0 Å². The van der Waals surface area contributed by atoms with Crippen LogP contribution in [0.15, 0.2) is 59.5 Å². The van der Waals surface area contributed by atoms with Crippen molar-refractivity contribution in [2.24, 2.45) is 0 Å². The summed E-state index contributed by atoms with van der Waals surface area (Å²) in [4.78, 5) is 5.39. The second-order valence-electron chi connectivity index (χ2n) is 5.17. The van der Waals surface area contributed by atoms with Crippen LogP contribution in [0.25, 0.3) is 22.4 Å². The fraction of sp³-hybridized carbons (Fsp3) is 0.0526. The highest BCUT2D eigenvalue weighted by Gasteiger charge is 2.13. The first-order chi connectivity index (χ1) is 11.6. The van der Waals surface area contributed by atoms with E-state index in [1.807, 2.05) is 30.5 Å². The van der Waals surface area contributed by atoms with Gasteiger partial charge >= 0.3 is 0 Å². The number of nitrogens with zero attached hydrogens (tertiary/aromatic N) is 2. The van der Waals surface area contributed by atoms with Gasteiger partial charge in [-0.05, 0) is 42.2 Å². The van der Waals surface area contributed by atoms with Gasteiger partial charge in [0.05, 0.1) is 5.69 Å². The number of aromatic nitrogens is 1. The number of hydrogen-bond donors (Lipinski definition) is 1. The minimum absolute atomic E-state index is 0.142. The van der Waals surface area contributed by atoms with Gasteiger partial charge in [-0.15, -0.1) is 11.8 Å². The first-order valence-corrected chi connectivity index (χ1v) is 8.46. The fourth-order valence-corrected chi connectivity index (χ4v) is 2.88. The van der Waals surface area contributed by atoms with Gasteiger partial charge in [-0.3, -0.25) is 0 Å². The van der Waals surface area contributed by atoms with Crippen LogP contribution in [0.5, 0.6) is 0 Å². The summed E-state index contributed by atoms with van der Waals surface area (Å²) in [5, 5.41) is 9.43. The maximum atomic E-state index is 13.5. The number of benzene rings is 2. The van der Waals surface area contributed by atoms with Crippen molar-refractivity contribution in [1.82, 2.24) is 4.98 Å². The Kier molecular flexibility index (Phi) is 4.50. The highest BCUT2D eigenvalue weighted by Crippen LogP contribution is 2.32.